The molecule has 1 aromatic rings. The maximum Gasteiger partial charge on any atom is 0.170 e. The summed E-state index contributed by atoms with van der Waals surface area (Å²) in [5, 5.41) is 15.9. The molecule has 4 heteroatoms. The van der Waals surface area contributed by atoms with Gasteiger partial charge in [0.25, 0.3) is 0 Å². The summed E-state index contributed by atoms with van der Waals surface area (Å²) < 4.78 is 0. The monoisotopic (exact) mass is 401 g/mol. The number of rotatable bonds is 16. The summed E-state index contributed by atoms with van der Waals surface area (Å²) in [6, 6.07) is 9.44. The van der Waals surface area contributed by atoms with Crippen molar-refractivity contribution in [3.8, 4) is 6.07 Å². The maximum absolute atomic E-state index is 8.80. The highest BCUT2D eigenvalue weighted by Crippen LogP contribution is 2.13. The van der Waals surface area contributed by atoms with Crippen LogP contribution in [0.2, 0.25) is 0 Å². The summed E-state index contributed by atoms with van der Waals surface area (Å²) in [7, 11) is 0. The summed E-state index contributed by atoms with van der Waals surface area (Å²) in [5.41, 5.74) is 1.57. The minimum absolute atomic E-state index is 0.652. The molecule has 2 N–H and O–H groups in total. The fourth-order valence-electron chi connectivity index (χ4n) is 3.32. The second kappa shape index (κ2) is 17.5. The normalized spacial score (nSPS) is 10.4. The molecule has 28 heavy (non-hydrogen) atoms. The molecule has 3 nitrogen and oxygen atoms in total. The number of nitriles is 1. The molecule has 1 rings (SSSR count). The molecule has 0 aliphatic rings. The number of hydrogen-bond acceptors (Lipinski definition) is 2. The Labute approximate surface area is 178 Å². The Bertz CT molecular complexity index is 548. The van der Waals surface area contributed by atoms with E-state index in [1.807, 2.05) is 12.1 Å². The maximum atomic E-state index is 8.80. The molecule has 0 radical (unpaired) electrons. The summed E-state index contributed by atoms with van der Waals surface area (Å²) >= 11 is 5.31. The molecule has 0 saturated carbocycles. The molecular weight excluding hydrogens is 362 g/mol. The number of unbranched alkanes of at least 4 members (excludes halogenated alkanes) is 13. The Morgan fingerprint density at radius 3 is 1.71 bits per heavy atom. The zero-order chi connectivity index (χ0) is 20.3. The van der Waals surface area contributed by atoms with Gasteiger partial charge in [-0.25, -0.2) is 0 Å². The van der Waals surface area contributed by atoms with Crippen molar-refractivity contribution in [3.63, 3.8) is 0 Å². The lowest BCUT2D eigenvalue weighted by molar-refractivity contribution is 0.535. The number of anilines is 1. The van der Waals surface area contributed by atoms with E-state index in [1.165, 1.54) is 83.5 Å². The van der Waals surface area contributed by atoms with Gasteiger partial charge in [-0.15, -0.1) is 0 Å². The lowest BCUT2D eigenvalue weighted by atomic mass is 10.0. The predicted octanol–water partition coefficient (Wildman–Crippen LogP) is 7.33. The zero-order valence-corrected chi connectivity index (χ0v) is 18.6. The van der Waals surface area contributed by atoms with Crippen LogP contribution >= 0.6 is 12.2 Å². The second-order valence-corrected chi connectivity index (χ2v) is 8.07. The van der Waals surface area contributed by atoms with Gasteiger partial charge >= 0.3 is 0 Å². The van der Waals surface area contributed by atoms with Crippen molar-refractivity contribution in [3.05, 3.63) is 29.8 Å². The van der Waals surface area contributed by atoms with E-state index < -0.39 is 0 Å². The standard InChI is InChI=1S/C24H39N3S/c1-2-3-4-5-6-7-8-9-10-11-12-13-14-15-20-26-24(28)27-23-18-16-22(21-25)17-19-23/h16-19H,2-15,20H2,1H3,(H2,26,27,28). The van der Waals surface area contributed by atoms with E-state index in [9.17, 15) is 0 Å². The Morgan fingerprint density at radius 2 is 1.25 bits per heavy atom. The molecule has 0 aromatic heterocycles. The van der Waals surface area contributed by atoms with Crippen LogP contribution < -0.4 is 10.6 Å². The molecule has 156 valence electrons. The molecule has 0 bridgehead atoms. The predicted molar refractivity (Wildman–Crippen MR) is 126 cm³/mol. The minimum Gasteiger partial charge on any atom is -0.362 e. The van der Waals surface area contributed by atoms with Crippen molar-refractivity contribution in [2.75, 3.05) is 11.9 Å². The van der Waals surface area contributed by atoms with Crippen molar-refractivity contribution >= 4 is 23.0 Å². The lowest BCUT2D eigenvalue weighted by Gasteiger charge is -2.10. The molecule has 0 fully saturated rings. The smallest absolute Gasteiger partial charge is 0.170 e. The second-order valence-electron chi connectivity index (χ2n) is 7.67. The van der Waals surface area contributed by atoms with Crippen LogP contribution in [0.3, 0.4) is 0 Å². The molecule has 0 saturated heterocycles. The van der Waals surface area contributed by atoms with E-state index in [0.29, 0.717) is 10.7 Å². The Morgan fingerprint density at radius 1 is 0.786 bits per heavy atom. The van der Waals surface area contributed by atoms with Gasteiger partial charge in [-0.3, -0.25) is 0 Å². The van der Waals surface area contributed by atoms with Crippen molar-refractivity contribution in [2.24, 2.45) is 0 Å². The SMILES string of the molecule is CCCCCCCCCCCCCCCCNC(=S)Nc1ccc(C#N)cc1. The number of hydrogen-bond donors (Lipinski definition) is 2. The molecule has 0 heterocycles. The molecule has 0 unspecified atom stereocenters. The lowest BCUT2D eigenvalue weighted by Crippen LogP contribution is -2.29. The van der Waals surface area contributed by atoms with E-state index in [1.54, 1.807) is 12.1 Å². The molecule has 1 aromatic carbocycles. The minimum atomic E-state index is 0.652. The van der Waals surface area contributed by atoms with Crippen LogP contribution in [0, 0.1) is 11.3 Å². The zero-order valence-electron chi connectivity index (χ0n) is 17.8. The van der Waals surface area contributed by atoms with E-state index in [0.717, 1.165) is 18.7 Å². The van der Waals surface area contributed by atoms with Gasteiger partial charge in [0, 0.05) is 12.2 Å². The first-order valence-electron chi connectivity index (χ1n) is 11.3. The van der Waals surface area contributed by atoms with E-state index in [-0.39, 0.29) is 0 Å². The molecule has 0 amide bonds. The molecule has 0 aliphatic carbocycles. The van der Waals surface area contributed by atoms with Crippen LogP contribution in [0.1, 0.15) is 102 Å². The highest BCUT2D eigenvalue weighted by Gasteiger charge is 1.98. The molecular formula is C24H39N3S. The summed E-state index contributed by atoms with van der Waals surface area (Å²) in [6.45, 7) is 3.20. The average molecular weight is 402 g/mol. The molecule has 0 spiro atoms. The topological polar surface area (TPSA) is 47.8 Å². The van der Waals surface area contributed by atoms with Crippen molar-refractivity contribution in [1.29, 1.82) is 5.26 Å². The highest BCUT2D eigenvalue weighted by molar-refractivity contribution is 7.80. The van der Waals surface area contributed by atoms with Crippen molar-refractivity contribution in [1.82, 2.24) is 5.32 Å². The van der Waals surface area contributed by atoms with E-state index in [2.05, 4.69) is 23.6 Å². The van der Waals surface area contributed by atoms with Crippen LogP contribution in [0.5, 0.6) is 0 Å². The first-order chi connectivity index (χ1) is 13.8. The van der Waals surface area contributed by atoms with E-state index >= 15 is 0 Å². The Hall–Kier alpha value is -1.60. The Kier molecular flexibility index (Phi) is 15.3. The number of nitrogens with zero attached hydrogens (tertiary/aromatic N) is 1. The Balaban J connectivity index is 1.84. The van der Waals surface area contributed by atoms with Crippen LogP contribution in [0.25, 0.3) is 0 Å². The van der Waals surface area contributed by atoms with Gasteiger partial charge in [0.05, 0.1) is 11.6 Å². The van der Waals surface area contributed by atoms with Crippen LogP contribution in [0.15, 0.2) is 24.3 Å². The summed E-state index contributed by atoms with van der Waals surface area (Å²) in [6.07, 6.45) is 19.3. The third-order valence-corrected chi connectivity index (χ3v) is 5.33. The third-order valence-electron chi connectivity index (χ3n) is 5.09. The highest BCUT2D eigenvalue weighted by atomic mass is 32.1. The fourth-order valence-corrected chi connectivity index (χ4v) is 3.54. The van der Waals surface area contributed by atoms with Gasteiger partial charge in [-0.05, 0) is 42.9 Å². The summed E-state index contributed by atoms with van der Waals surface area (Å²) in [5.74, 6) is 0. The van der Waals surface area contributed by atoms with Crippen LogP contribution in [-0.2, 0) is 0 Å². The first kappa shape index (κ1) is 24.4. The van der Waals surface area contributed by atoms with Gasteiger partial charge in [0.1, 0.15) is 0 Å². The molecule has 0 aliphatic heterocycles. The van der Waals surface area contributed by atoms with Crippen molar-refractivity contribution < 1.29 is 0 Å². The van der Waals surface area contributed by atoms with Gasteiger partial charge in [-0.2, -0.15) is 5.26 Å². The third kappa shape index (κ3) is 13.6. The van der Waals surface area contributed by atoms with Crippen LogP contribution in [0.4, 0.5) is 5.69 Å². The number of nitrogens with one attached hydrogen (secondary N) is 2. The number of thiocarbonyl (C=S) groups is 1. The molecule has 0 atom stereocenters. The van der Waals surface area contributed by atoms with Crippen LogP contribution in [-0.4, -0.2) is 11.7 Å². The van der Waals surface area contributed by atoms with Gasteiger partial charge in [0.2, 0.25) is 0 Å². The van der Waals surface area contributed by atoms with Crippen molar-refractivity contribution in [2.45, 2.75) is 96.8 Å². The number of benzene rings is 1. The summed E-state index contributed by atoms with van der Waals surface area (Å²) in [4.78, 5) is 0. The van der Waals surface area contributed by atoms with E-state index in [4.69, 9.17) is 17.5 Å². The van der Waals surface area contributed by atoms with Gasteiger partial charge in [0.15, 0.2) is 5.11 Å². The largest absolute Gasteiger partial charge is 0.362 e. The average Bonchev–Trinajstić information content (AvgIpc) is 2.71. The quantitative estimate of drug-likeness (QED) is 0.225. The fraction of sp³-hybridized carbons (Fsp3) is 0.667. The van der Waals surface area contributed by atoms with Gasteiger partial charge < -0.3 is 10.6 Å². The first-order valence-corrected chi connectivity index (χ1v) is 11.7. The van der Waals surface area contributed by atoms with Gasteiger partial charge in [-0.1, -0.05) is 90.4 Å².